The van der Waals surface area contributed by atoms with E-state index in [1.807, 2.05) is 13.8 Å². The number of carbonyl (C=O) groups excluding carboxylic acids is 1. The summed E-state index contributed by atoms with van der Waals surface area (Å²) in [5.74, 6) is 0.932. The third kappa shape index (κ3) is 3.61. The topological polar surface area (TPSA) is 32.9 Å². The molecule has 0 aliphatic carbocycles. The highest BCUT2D eigenvalue weighted by molar-refractivity contribution is 5.85. The molecule has 2 atom stereocenters. The normalized spacial score (nSPS) is 24.0. The number of nitrogens with zero attached hydrogens (tertiary/aromatic N) is 1. The summed E-state index contributed by atoms with van der Waals surface area (Å²) in [7, 11) is 0. The minimum absolute atomic E-state index is 0.0592. The van der Waals surface area contributed by atoms with Crippen molar-refractivity contribution in [3.63, 3.8) is 0 Å². The molecule has 0 saturated heterocycles. The van der Waals surface area contributed by atoms with Gasteiger partial charge in [-0.3, -0.25) is 4.99 Å². The van der Waals surface area contributed by atoms with Crippen LogP contribution >= 0.6 is 0 Å². The molecule has 15 heavy (non-hydrogen) atoms. The van der Waals surface area contributed by atoms with Crippen LogP contribution in [-0.2, 0) is 9.16 Å². The van der Waals surface area contributed by atoms with Crippen LogP contribution in [-0.4, -0.2) is 37.1 Å². The zero-order valence-corrected chi connectivity index (χ0v) is 9.79. The summed E-state index contributed by atoms with van der Waals surface area (Å²) in [6.07, 6.45) is -1.04. The van der Waals surface area contributed by atoms with Gasteiger partial charge in [0.1, 0.15) is 18.6 Å². The summed E-state index contributed by atoms with van der Waals surface area (Å²) >= 11 is 0. The Morgan fingerprint density at radius 3 is 2.73 bits per heavy atom. The Morgan fingerprint density at radius 1 is 1.60 bits per heavy atom. The first-order chi connectivity index (χ1) is 7.00. The van der Waals surface area contributed by atoms with E-state index in [2.05, 4.69) is 4.99 Å². The van der Waals surface area contributed by atoms with Gasteiger partial charge in [0.05, 0.1) is 0 Å². The van der Waals surface area contributed by atoms with Crippen molar-refractivity contribution in [3.05, 3.63) is 0 Å². The van der Waals surface area contributed by atoms with Crippen LogP contribution in [0.15, 0.2) is 4.99 Å². The van der Waals surface area contributed by atoms with E-state index in [0.29, 0.717) is 24.8 Å². The molecule has 1 aliphatic heterocycles. The lowest BCUT2D eigenvalue weighted by Gasteiger charge is -2.02. The average molecular weight is 216 g/mol. The number of ether oxygens (including phenoxy) is 1. The van der Waals surface area contributed by atoms with Gasteiger partial charge < -0.3 is 9.16 Å². The van der Waals surface area contributed by atoms with Crippen molar-refractivity contribution in [1.82, 2.24) is 0 Å². The van der Waals surface area contributed by atoms with Crippen molar-refractivity contribution in [1.29, 1.82) is 0 Å². The number of cyclic esters (lactones) is 1. The molecule has 1 heterocycles. The summed E-state index contributed by atoms with van der Waals surface area (Å²) in [4.78, 5) is 4.12. The molecular weight excluding hydrogens is 197 g/mol. The first-order valence-corrected chi connectivity index (χ1v) is 5.32. The number of esters is 1. The minimum atomic E-state index is -0.985. The summed E-state index contributed by atoms with van der Waals surface area (Å²) in [6, 6.07) is 0. The van der Waals surface area contributed by atoms with Gasteiger partial charge in [0.25, 0.3) is 6.10 Å². The van der Waals surface area contributed by atoms with Gasteiger partial charge in [-0.2, -0.15) is 0 Å². The number of halogens is 1. The Labute approximate surface area is 90.0 Å². The second kappa shape index (κ2) is 5.24. The fraction of sp³-hybridized carbons (Fsp3) is 0.818. The lowest BCUT2D eigenvalue weighted by molar-refractivity contribution is -0.451. The summed E-state index contributed by atoms with van der Waals surface area (Å²) in [5, 5.41) is 0. The first kappa shape index (κ1) is 12.1. The molecule has 0 amide bonds. The van der Waals surface area contributed by atoms with Crippen LogP contribution in [0.25, 0.3) is 0 Å². The van der Waals surface area contributed by atoms with E-state index in [-0.39, 0.29) is 12.0 Å². The van der Waals surface area contributed by atoms with E-state index in [1.165, 1.54) is 6.92 Å². The van der Waals surface area contributed by atoms with Gasteiger partial charge in [-0.05, 0) is 27.7 Å². The molecular formula is C11H19FNO2+. The maximum atomic E-state index is 12.8. The highest BCUT2D eigenvalue weighted by Crippen LogP contribution is 2.09. The van der Waals surface area contributed by atoms with Crippen molar-refractivity contribution in [2.24, 2.45) is 10.9 Å². The molecule has 2 unspecified atom stereocenters. The maximum Gasteiger partial charge on any atom is 0.488 e. The van der Waals surface area contributed by atoms with E-state index in [0.717, 1.165) is 0 Å². The van der Waals surface area contributed by atoms with Crippen LogP contribution in [0, 0.1) is 5.92 Å². The number of aliphatic imine (C=N–C) groups is 1. The third-order valence-corrected chi connectivity index (χ3v) is 2.29. The molecule has 0 N–H and O–H groups in total. The predicted octanol–water partition coefficient (Wildman–Crippen LogP) is 1.92. The van der Waals surface area contributed by atoms with E-state index in [9.17, 15) is 4.39 Å². The zero-order chi connectivity index (χ0) is 11.4. The van der Waals surface area contributed by atoms with Crippen LogP contribution in [0.1, 0.15) is 27.7 Å². The SMILES string of the molecule is CC(=NCC1C[O+]=C(C(C)C)O1)C(C)F. The number of alkyl halides is 1. The molecule has 0 saturated carbocycles. The van der Waals surface area contributed by atoms with Crippen molar-refractivity contribution in [2.45, 2.75) is 40.0 Å². The monoisotopic (exact) mass is 216 g/mol. The van der Waals surface area contributed by atoms with Gasteiger partial charge in [-0.15, -0.1) is 0 Å². The van der Waals surface area contributed by atoms with Gasteiger partial charge in [0, 0.05) is 5.71 Å². The van der Waals surface area contributed by atoms with Crippen LogP contribution < -0.4 is 0 Å². The van der Waals surface area contributed by atoms with Crippen LogP contribution in [0.3, 0.4) is 0 Å². The molecule has 0 aromatic carbocycles. The molecule has 1 aliphatic rings. The molecule has 0 spiro atoms. The fourth-order valence-electron chi connectivity index (χ4n) is 1.17. The average Bonchev–Trinajstić information content (AvgIpc) is 2.62. The summed E-state index contributed by atoms with van der Waals surface area (Å²) in [5.41, 5.74) is 0.511. The summed E-state index contributed by atoms with van der Waals surface area (Å²) in [6.45, 7) is 8.18. The van der Waals surface area contributed by atoms with E-state index < -0.39 is 6.17 Å². The second-order valence-electron chi connectivity index (χ2n) is 4.12. The van der Waals surface area contributed by atoms with E-state index in [1.54, 1.807) is 6.92 Å². The van der Waals surface area contributed by atoms with E-state index in [4.69, 9.17) is 9.16 Å². The predicted molar refractivity (Wildman–Crippen MR) is 58.1 cm³/mol. The van der Waals surface area contributed by atoms with Crippen LogP contribution in [0.2, 0.25) is 0 Å². The Morgan fingerprint density at radius 2 is 2.27 bits per heavy atom. The molecule has 0 radical (unpaired) electrons. The number of hydrogen-bond acceptors (Lipinski definition) is 2. The van der Waals surface area contributed by atoms with Gasteiger partial charge in [0.2, 0.25) is 6.61 Å². The molecule has 4 heteroatoms. The van der Waals surface area contributed by atoms with Crippen LogP contribution in [0.4, 0.5) is 4.39 Å². The number of hydrogen-bond donors (Lipinski definition) is 0. The maximum absolute atomic E-state index is 12.8. The largest absolute Gasteiger partial charge is 0.488 e. The molecule has 0 fully saturated rings. The standard InChI is InChI=1S/C11H19FNO2/c1-7(2)11-14-6-10(15-11)5-13-9(4)8(3)12/h7-8,10H,5-6H2,1-4H3/q+1. The van der Waals surface area contributed by atoms with Gasteiger partial charge in [-0.25, -0.2) is 4.39 Å². The molecule has 0 aromatic heterocycles. The number of rotatable bonds is 4. The fourth-order valence-corrected chi connectivity index (χ4v) is 1.17. The molecule has 0 aromatic rings. The Hall–Kier alpha value is -0.930. The highest BCUT2D eigenvalue weighted by atomic mass is 19.1. The van der Waals surface area contributed by atoms with Gasteiger partial charge in [-0.1, -0.05) is 0 Å². The summed E-state index contributed by atoms with van der Waals surface area (Å²) < 4.78 is 23.6. The van der Waals surface area contributed by atoms with Crippen molar-refractivity contribution < 1.29 is 13.6 Å². The molecule has 0 bridgehead atoms. The second-order valence-corrected chi connectivity index (χ2v) is 4.12. The van der Waals surface area contributed by atoms with Crippen molar-refractivity contribution in [2.75, 3.05) is 13.2 Å². The Balaban J connectivity index is 2.36. The smallest absolute Gasteiger partial charge is 0.315 e. The Kier molecular flexibility index (Phi) is 4.24. The Bertz CT molecular complexity index is 272. The van der Waals surface area contributed by atoms with Crippen molar-refractivity contribution >= 4 is 11.7 Å². The highest BCUT2D eigenvalue weighted by Gasteiger charge is 2.35. The quantitative estimate of drug-likeness (QED) is 0.401. The molecule has 86 valence electrons. The van der Waals surface area contributed by atoms with E-state index >= 15 is 0 Å². The minimum Gasteiger partial charge on any atom is -0.315 e. The molecule has 1 rings (SSSR count). The van der Waals surface area contributed by atoms with Gasteiger partial charge in [0.15, 0.2) is 0 Å². The molecule has 3 nitrogen and oxygen atoms in total. The van der Waals surface area contributed by atoms with Crippen LogP contribution in [0.5, 0.6) is 0 Å². The first-order valence-electron chi connectivity index (χ1n) is 5.32. The van der Waals surface area contributed by atoms with Crippen molar-refractivity contribution in [3.8, 4) is 0 Å². The lowest BCUT2D eigenvalue weighted by Crippen LogP contribution is -2.20. The third-order valence-electron chi connectivity index (χ3n) is 2.29. The van der Waals surface area contributed by atoms with Gasteiger partial charge >= 0.3 is 5.97 Å². The zero-order valence-electron chi connectivity index (χ0n) is 9.79. The lowest BCUT2D eigenvalue weighted by atomic mass is 10.2.